The predicted octanol–water partition coefficient (Wildman–Crippen LogP) is 1.44. The molecule has 2 aliphatic heterocycles. The Morgan fingerprint density at radius 3 is 2.79 bits per heavy atom. The molecule has 2 N–H and O–H groups in total. The number of hydrogen-bond acceptors (Lipinski definition) is 3. The molecule has 6 heteroatoms. The number of piperidine rings is 1. The topological polar surface area (TPSA) is 62.2 Å². The van der Waals surface area contributed by atoms with Crippen LogP contribution in [0.3, 0.4) is 0 Å². The molecule has 0 atom stereocenters. The molecule has 2 saturated heterocycles. The Bertz CT molecular complexity index is 432. The highest BCUT2D eigenvalue weighted by Crippen LogP contribution is 2.20. The lowest BCUT2D eigenvalue weighted by Gasteiger charge is -2.22. The molecule has 19 heavy (non-hydrogen) atoms. The molecule has 0 unspecified atom stereocenters. The minimum absolute atomic E-state index is 0.00219. The zero-order valence-corrected chi connectivity index (χ0v) is 11.1. The van der Waals surface area contributed by atoms with Crippen LogP contribution in [0.2, 0.25) is 0 Å². The fraction of sp³-hybridized carbons (Fsp3) is 0.692. The first-order valence-corrected chi connectivity index (χ1v) is 7.14. The van der Waals surface area contributed by atoms with Gasteiger partial charge in [-0.3, -0.25) is 4.68 Å². The summed E-state index contributed by atoms with van der Waals surface area (Å²) in [4.78, 5) is 13.8. The third-order valence-electron chi connectivity index (χ3n) is 3.93. The van der Waals surface area contributed by atoms with Gasteiger partial charge in [-0.2, -0.15) is 5.10 Å². The number of carbonyl (C=O) groups is 1. The van der Waals surface area contributed by atoms with Gasteiger partial charge >= 0.3 is 6.03 Å². The summed E-state index contributed by atoms with van der Waals surface area (Å²) in [5.74, 6) is 0. The average molecular weight is 263 g/mol. The van der Waals surface area contributed by atoms with Crippen molar-refractivity contribution in [3.8, 4) is 0 Å². The summed E-state index contributed by atoms with van der Waals surface area (Å²) in [6, 6.07) is 0.459. The first-order valence-electron chi connectivity index (χ1n) is 7.14. The van der Waals surface area contributed by atoms with Gasteiger partial charge in [0, 0.05) is 19.3 Å². The first-order chi connectivity index (χ1) is 9.33. The van der Waals surface area contributed by atoms with Gasteiger partial charge in [-0.1, -0.05) is 0 Å². The van der Waals surface area contributed by atoms with Crippen LogP contribution in [0.25, 0.3) is 0 Å². The van der Waals surface area contributed by atoms with Crippen LogP contribution in [0.5, 0.6) is 0 Å². The van der Waals surface area contributed by atoms with Gasteiger partial charge in [-0.15, -0.1) is 0 Å². The van der Waals surface area contributed by atoms with Crippen molar-refractivity contribution in [1.82, 2.24) is 20.0 Å². The van der Waals surface area contributed by atoms with Crippen molar-refractivity contribution in [2.75, 3.05) is 31.5 Å². The van der Waals surface area contributed by atoms with Crippen LogP contribution in [0.1, 0.15) is 31.7 Å². The number of likely N-dealkylation sites (tertiary alicyclic amines) is 1. The highest BCUT2D eigenvalue weighted by molar-refractivity contribution is 5.89. The number of hydrogen-bond donors (Lipinski definition) is 2. The van der Waals surface area contributed by atoms with E-state index in [0.29, 0.717) is 6.04 Å². The largest absolute Gasteiger partial charge is 0.325 e. The second-order valence-electron chi connectivity index (χ2n) is 5.31. The number of rotatable bonds is 2. The maximum Gasteiger partial charge on any atom is 0.321 e. The molecule has 2 amide bonds. The van der Waals surface area contributed by atoms with E-state index in [9.17, 15) is 4.79 Å². The molecule has 0 bridgehead atoms. The maximum atomic E-state index is 12.0. The average Bonchev–Trinajstić information content (AvgIpc) is 3.11. The lowest BCUT2D eigenvalue weighted by atomic mass is 10.1. The Hall–Kier alpha value is -1.56. The van der Waals surface area contributed by atoms with Gasteiger partial charge in [-0.05, 0) is 38.8 Å². The number of urea groups is 1. The number of aromatic nitrogens is 2. The molecule has 0 saturated carbocycles. The first kappa shape index (κ1) is 12.5. The molecule has 0 radical (unpaired) electrons. The van der Waals surface area contributed by atoms with Crippen LogP contribution in [-0.2, 0) is 0 Å². The lowest BCUT2D eigenvalue weighted by Crippen LogP contribution is -2.32. The Labute approximate surface area is 113 Å². The summed E-state index contributed by atoms with van der Waals surface area (Å²) < 4.78 is 1.99. The van der Waals surface area contributed by atoms with Crippen LogP contribution in [0.4, 0.5) is 10.5 Å². The molecular formula is C13H21N5O. The summed E-state index contributed by atoms with van der Waals surface area (Å²) in [6.45, 7) is 3.82. The molecule has 0 aromatic carbocycles. The second-order valence-corrected chi connectivity index (χ2v) is 5.31. The van der Waals surface area contributed by atoms with Gasteiger partial charge in [0.05, 0.1) is 17.9 Å². The molecule has 1 aromatic heterocycles. The molecule has 104 valence electrons. The van der Waals surface area contributed by atoms with Gasteiger partial charge < -0.3 is 15.5 Å². The third-order valence-corrected chi connectivity index (χ3v) is 3.93. The summed E-state index contributed by atoms with van der Waals surface area (Å²) in [7, 11) is 0. The summed E-state index contributed by atoms with van der Waals surface area (Å²) in [5.41, 5.74) is 0.801. The SMILES string of the molecule is O=C(Nc1cnn(C2CCNCC2)c1)N1CCCC1. The Balaban J connectivity index is 1.59. The molecule has 6 nitrogen and oxygen atoms in total. The molecule has 1 aromatic rings. The van der Waals surface area contributed by atoms with Gasteiger partial charge in [-0.25, -0.2) is 4.79 Å². The van der Waals surface area contributed by atoms with Crippen molar-refractivity contribution in [2.45, 2.75) is 31.7 Å². The number of carbonyl (C=O) groups excluding carboxylic acids is 1. The van der Waals surface area contributed by atoms with Crippen molar-refractivity contribution in [3.63, 3.8) is 0 Å². The minimum Gasteiger partial charge on any atom is -0.325 e. The maximum absolute atomic E-state index is 12.0. The number of nitrogens with one attached hydrogen (secondary N) is 2. The van der Waals surface area contributed by atoms with Crippen LogP contribution in [0.15, 0.2) is 12.4 Å². The zero-order chi connectivity index (χ0) is 13.1. The van der Waals surface area contributed by atoms with E-state index in [0.717, 1.165) is 57.5 Å². The van der Waals surface area contributed by atoms with Gasteiger partial charge in [0.25, 0.3) is 0 Å². The number of nitrogens with zero attached hydrogens (tertiary/aromatic N) is 3. The van der Waals surface area contributed by atoms with Crippen molar-refractivity contribution >= 4 is 11.7 Å². The Morgan fingerprint density at radius 2 is 2.05 bits per heavy atom. The van der Waals surface area contributed by atoms with Gasteiger partial charge in [0.1, 0.15) is 0 Å². The summed E-state index contributed by atoms with van der Waals surface area (Å²) in [6.07, 6.45) is 8.12. The smallest absolute Gasteiger partial charge is 0.321 e. The molecule has 3 heterocycles. The number of anilines is 1. The third kappa shape index (κ3) is 2.89. The van der Waals surface area contributed by atoms with Gasteiger partial charge in [0.15, 0.2) is 0 Å². The monoisotopic (exact) mass is 263 g/mol. The van der Waals surface area contributed by atoms with Crippen LogP contribution in [-0.4, -0.2) is 46.9 Å². The van der Waals surface area contributed by atoms with E-state index in [2.05, 4.69) is 15.7 Å². The molecule has 0 spiro atoms. The van der Waals surface area contributed by atoms with Crippen LogP contribution in [0, 0.1) is 0 Å². The summed E-state index contributed by atoms with van der Waals surface area (Å²) >= 11 is 0. The standard InChI is InChI=1S/C13H21N5O/c19-13(17-7-1-2-8-17)16-11-9-15-18(10-11)12-3-5-14-6-4-12/h9-10,12,14H,1-8H2,(H,16,19). The van der Waals surface area contributed by atoms with E-state index in [1.807, 2.05) is 15.8 Å². The van der Waals surface area contributed by atoms with E-state index in [1.165, 1.54) is 0 Å². The molecule has 2 fully saturated rings. The second kappa shape index (κ2) is 5.61. The van der Waals surface area contributed by atoms with Crippen LogP contribution >= 0.6 is 0 Å². The van der Waals surface area contributed by atoms with Crippen molar-refractivity contribution in [1.29, 1.82) is 0 Å². The fourth-order valence-corrected chi connectivity index (χ4v) is 2.80. The Kier molecular flexibility index (Phi) is 3.68. The minimum atomic E-state index is 0.00219. The number of amides is 2. The highest BCUT2D eigenvalue weighted by Gasteiger charge is 2.19. The zero-order valence-electron chi connectivity index (χ0n) is 11.1. The van der Waals surface area contributed by atoms with Crippen molar-refractivity contribution in [2.24, 2.45) is 0 Å². The fourth-order valence-electron chi connectivity index (χ4n) is 2.80. The van der Waals surface area contributed by atoms with Crippen LogP contribution < -0.4 is 10.6 Å². The quantitative estimate of drug-likeness (QED) is 0.848. The molecular weight excluding hydrogens is 242 g/mol. The highest BCUT2D eigenvalue weighted by atomic mass is 16.2. The predicted molar refractivity (Wildman–Crippen MR) is 73.2 cm³/mol. The normalized spacial score (nSPS) is 20.7. The lowest BCUT2D eigenvalue weighted by molar-refractivity contribution is 0.222. The van der Waals surface area contributed by atoms with E-state index in [4.69, 9.17) is 0 Å². The Morgan fingerprint density at radius 1 is 1.32 bits per heavy atom. The van der Waals surface area contributed by atoms with E-state index >= 15 is 0 Å². The van der Waals surface area contributed by atoms with Gasteiger partial charge in [0.2, 0.25) is 0 Å². The van der Waals surface area contributed by atoms with Crippen molar-refractivity contribution in [3.05, 3.63) is 12.4 Å². The molecule has 0 aliphatic carbocycles. The van der Waals surface area contributed by atoms with E-state index in [-0.39, 0.29) is 6.03 Å². The summed E-state index contributed by atoms with van der Waals surface area (Å²) in [5, 5.41) is 10.6. The van der Waals surface area contributed by atoms with Crippen molar-refractivity contribution < 1.29 is 4.79 Å². The molecule has 2 aliphatic rings. The van der Waals surface area contributed by atoms with E-state index < -0.39 is 0 Å². The van der Waals surface area contributed by atoms with E-state index in [1.54, 1.807) is 6.20 Å². The molecule has 3 rings (SSSR count).